The number of methoxy groups -OCH3 is 1. The molecule has 0 aliphatic rings. The van der Waals surface area contributed by atoms with Gasteiger partial charge in [0.05, 0.1) is 13.2 Å². The molecule has 16 heavy (non-hydrogen) atoms. The number of nitrogens with two attached hydrogens (primary N) is 1. The molecule has 0 bridgehead atoms. The summed E-state index contributed by atoms with van der Waals surface area (Å²) in [5, 5.41) is 16.8. The first-order chi connectivity index (χ1) is 7.61. The van der Waals surface area contributed by atoms with Crippen LogP contribution in [0.2, 0.25) is 0 Å². The van der Waals surface area contributed by atoms with E-state index in [0.717, 1.165) is 0 Å². The summed E-state index contributed by atoms with van der Waals surface area (Å²) in [5.41, 5.74) is 5.37. The molecule has 1 amide bonds. The van der Waals surface area contributed by atoms with Gasteiger partial charge in [-0.2, -0.15) is 0 Å². The Morgan fingerprint density at radius 3 is 2.88 bits per heavy atom. The van der Waals surface area contributed by atoms with Crippen LogP contribution in [-0.4, -0.2) is 50.3 Å². The molecular formula is C9H20N4O3. The summed E-state index contributed by atoms with van der Waals surface area (Å²) in [4.78, 5) is 11.2. The van der Waals surface area contributed by atoms with Crippen molar-refractivity contribution < 1.29 is 14.7 Å². The van der Waals surface area contributed by atoms with E-state index < -0.39 is 0 Å². The van der Waals surface area contributed by atoms with Gasteiger partial charge < -0.3 is 26.3 Å². The minimum atomic E-state index is -0.114. The summed E-state index contributed by atoms with van der Waals surface area (Å²) in [6, 6.07) is 0. The number of oxime groups is 1. The first-order valence-corrected chi connectivity index (χ1v) is 5.05. The fourth-order valence-corrected chi connectivity index (χ4v) is 0.960. The zero-order valence-electron chi connectivity index (χ0n) is 9.69. The van der Waals surface area contributed by atoms with E-state index in [1.54, 1.807) is 14.0 Å². The van der Waals surface area contributed by atoms with Crippen LogP contribution in [0.3, 0.4) is 0 Å². The highest BCUT2D eigenvalue weighted by Gasteiger charge is 2.07. The molecule has 7 nitrogen and oxygen atoms in total. The van der Waals surface area contributed by atoms with Gasteiger partial charge >= 0.3 is 0 Å². The van der Waals surface area contributed by atoms with Crippen molar-refractivity contribution in [3.8, 4) is 0 Å². The highest BCUT2D eigenvalue weighted by atomic mass is 16.5. The maximum absolute atomic E-state index is 11.2. The third-order valence-electron chi connectivity index (χ3n) is 1.98. The largest absolute Gasteiger partial charge is 0.409 e. The van der Waals surface area contributed by atoms with Crippen LogP contribution in [0.15, 0.2) is 5.16 Å². The number of amidine groups is 1. The summed E-state index contributed by atoms with van der Waals surface area (Å²) in [6.45, 7) is 3.46. The lowest BCUT2D eigenvalue weighted by Crippen LogP contribution is -2.39. The fraction of sp³-hybridized carbons (Fsp3) is 0.778. The molecule has 1 atom stereocenters. The molecule has 0 saturated heterocycles. The van der Waals surface area contributed by atoms with Crippen LogP contribution in [-0.2, 0) is 9.53 Å². The van der Waals surface area contributed by atoms with Gasteiger partial charge in [0.25, 0.3) is 0 Å². The molecule has 0 aromatic heterocycles. The molecule has 94 valence electrons. The van der Waals surface area contributed by atoms with E-state index in [2.05, 4.69) is 15.8 Å². The Hall–Kier alpha value is -1.34. The van der Waals surface area contributed by atoms with Gasteiger partial charge in [-0.1, -0.05) is 12.1 Å². The van der Waals surface area contributed by atoms with Crippen molar-refractivity contribution >= 4 is 11.7 Å². The van der Waals surface area contributed by atoms with Crippen LogP contribution >= 0.6 is 0 Å². The van der Waals surface area contributed by atoms with Gasteiger partial charge in [0.1, 0.15) is 5.84 Å². The Labute approximate surface area is 95.0 Å². The zero-order valence-corrected chi connectivity index (χ0v) is 9.69. The van der Waals surface area contributed by atoms with E-state index in [9.17, 15) is 4.79 Å². The maximum atomic E-state index is 11.2. The second-order valence-corrected chi connectivity index (χ2v) is 3.40. The predicted octanol–water partition coefficient (Wildman–Crippen LogP) is -1.28. The predicted molar refractivity (Wildman–Crippen MR) is 60.3 cm³/mol. The Kier molecular flexibility index (Phi) is 8.18. The Morgan fingerprint density at radius 1 is 1.62 bits per heavy atom. The molecule has 0 rings (SSSR count). The standard InChI is InChI=1S/C9H20N4O3/c1-7(9(10)13-15)5-11-6-8(14)12-3-4-16-2/h7,11,15H,3-6H2,1-2H3,(H2,10,13)(H,12,14). The number of hydrogen-bond acceptors (Lipinski definition) is 5. The van der Waals surface area contributed by atoms with Gasteiger partial charge in [-0.3, -0.25) is 4.79 Å². The average molecular weight is 232 g/mol. The van der Waals surface area contributed by atoms with E-state index in [1.165, 1.54) is 0 Å². The van der Waals surface area contributed by atoms with Gasteiger partial charge in [0.15, 0.2) is 0 Å². The van der Waals surface area contributed by atoms with Crippen molar-refractivity contribution in [2.24, 2.45) is 16.8 Å². The lowest BCUT2D eigenvalue weighted by atomic mass is 10.1. The molecule has 0 aliphatic heterocycles. The lowest BCUT2D eigenvalue weighted by molar-refractivity contribution is -0.120. The summed E-state index contributed by atoms with van der Waals surface area (Å²) in [6.07, 6.45) is 0. The number of carbonyl (C=O) groups excluding carboxylic acids is 1. The summed E-state index contributed by atoms with van der Waals surface area (Å²) >= 11 is 0. The van der Waals surface area contributed by atoms with E-state index in [1.807, 2.05) is 0 Å². The van der Waals surface area contributed by atoms with Crippen molar-refractivity contribution in [1.29, 1.82) is 0 Å². The molecule has 0 aromatic carbocycles. The molecular weight excluding hydrogens is 212 g/mol. The van der Waals surface area contributed by atoms with Gasteiger partial charge in [-0.05, 0) is 0 Å². The first-order valence-electron chi connectivity index (χ1n) is 5.05. The molecule has 5 N–H and O–H groups in total. The lowest BCUT2D eigenvalue weighted by Gasteiger charge is -2.10. The molecule has 0 heterocycles. The Morgan fingerprint density at radius 2 is 2.31 bits per heavy atom. The smallest absolute Gasteiger partial charge is 0.234 e. The van der Waals surface area contributed by atoms with Crippen molar-refractivity contribution in [3.63, 3.8) is 0 Å². The van der Waals surface area contributed by atoms with Gasteiger partial charge in [-0.15, -0.1) is 0 Å². The molecule has 1 unspecified atom stereocenters. The molecule has 0 radical (unpaired) electrons. The van der Waals surface area contributed by atoms with E-state index in [-0.39, 0.29) is 24.2 Å². The zero-order chi connectivity index (χ0) is 12.4. The van der Waals surface area contributed by atoms with Crippen LogP contribution in [0, 0.1) is 5.92 Å². The number of nitrogens with zero attached hydrogens (tertiary/aromatic N) is 1. The third-order valence-corrected chi connectivity index (χ3v) is 1.98. The summed E-state index contributed by atoms with van der Waals surface area (Å²) in [7, 11) is 1.57. The third kappa shape index (κ3) is 7.02. The van der Waals surface area contributed by atoms with Crippen molar-refractivity contribution in [3.05, 3.63) is 0 Å². The highest BCUT2D eigenvalue weighted by molar-refractivity contribution is 5.82. The van der Waals surface area contributed by atoms with Crippen LogP contribution in [0.1, 0.15) is 6.92 Å². The molecule has 0 aromatic rings. The highest BCUT2D eigenvalue weighted by Crippen LogP contribution is 1.91. The van der Waals surface area contributed by atoms with Crippen molar-refractivity contribution in [1.82, 2.24) is 10.6 Å². The topological polar surface area (TPSA) is 109 Å². The first kappa shape index (κ1) is 14.7. The second-order valence-electron chi connectivity index (χ2n) is 3.40. The van der Waals surface area contributed by atoms with E-state index >= 15 is 0 Å². The maximum Gasteiger partial charge on any atom is 0.234 e. The molecule has 0 fully saturated rings. The minimum Gasteiger partial charge on any atom is -0.409 e. The van der Waals surface area contributed by atoms with Crippen LogP contribution in [0.5, 0.6) is 0 Å². The average Bonchev–Trinajstić information content (AvgIpc) is 2.28. The Bertz CT molecular complexity index is 233. The summed E-state index contributed by atoms with van der Waals surface area (Å²) in [5.74, 6) is -0.0761. The molecule has 0 aliphatic carbocycles. The number of nitrogens with one attached hydrogen (secondary N) is 2. The number of ether oxygens (including phenoxy) is 1. The summed E-state index contributed by atoms with van der Waals surface area (Å²) < 4.78 is 4.79. The normalized spacial score (nSPS) is 13.5. The Balaban J connectivity index is 3.54. The van der Waals surface area contributed by atoms with Crippen LogP contribution in [0.4, 0.5) is 0 Å². The van der Waals surface area contributed by atoms with Gasteiger partial charge in [0.2, 0.25) is 5.91 Å². The monoisotopic (exact) mass is 232 g/mol. The molecule has 0 saturated carbocycles. The number of rotatable bonds is 8. The quantitative estimate of drug-likeness (QED) is 0.137. The van der Waals surface area contributed by atoms with Crippen LogP contribution < -0.4 is 16.4 Å². The van der Waals surface area contributed by atoms with Crippen LogP contribution in [0.25, 0.3) is 0 Å². The number of hydrogen-bond donors (Lipinski definition) is 4. The van der Waals surface area contributed by atoms with Gasteiger partial charge in [0, 0.05) is 26.1 Å². The second kappa shape index (κ2) is 8.93. The van der Waals surface area contributed by atoms with E-state index in [4.69, 9.17) is 15.7 Å². The van der Waals surface area contributed by atoms with Crippen molar-refractivity contribution in [2.45, 2.75) is 6.92 Å². The number of amides is 1. The minimum absolute atomic E-state index is 0.108. The fourth-order valence-electron chi connectivity index (χ4n) is 0.960. The van der Waals surface area contributed by atoms with E-state index in [0.29, 0.717) is 19.7 Å². The SMILES string of the molecule is COCCNC(=O)CNCC(C)C(N)=NO. The molecule has 0 spiro atoms. The molecule has 7 heteroatoms. The van der Waals surface area contributed by atoms with Gasteiger partial charge in [-0.25, -0.2) is 0 Å². The number of carbonyl (C=O) groups is 1. The van der Waals surface area contributed by atoms with Crippen molar-refractivity contribution in [2.75, 3.05) is 33.4 Å².